The van der Waals surface area contributed by atoms with Crippen molar-refractivity contribution >= 4 is 5.97 Å². The average Bonchev–Trinajstić information content (AvgIpc) is 2.29. The van der Waals surface area contributed by atoms with Crippen LogP contribution in [0.5, 0.6) is 0 Å². The van der Waals surface area contributed by atoms with E-state index in [1.54, 1.807) is 0 Å². The van der Waals surface area contributed by atoms with Gasteiger partial charge in [0.15, 0.2) is 0 Å². The number of esters is 1. The minimum absolute atomic E-state index is 0.188. The molecular formula is C11H22N2O2. The maximum Gasteiger partial charge on any atom is 0.319 e. The molecule has 0 radical (unpaired) electrons. The van der Waals surface area contributed by atoms with Gasteiger partial charge in [0.05, 0.1) is 13.7 Å². The number of carbonyl (C=O) groups excluding carboxylic acids is 1. The van der Waals surface area contributed by atoms with E-state index in [2.05, 4.69) is 15.4 Å². The van der Waals surface area contributed by atoms with E-state index in [0.29, 0.717) is 18.5 Å². The number of ether oxygens (including phenoxy) is 1. The molecule has 0 aromatic rings. The molecule has 1 saturated carbocycles. The summed E-state index contributed by atoms with van der Waals surface area (Å²) in [5.41, 5.74) is 0. The third-order valence-electron chi connectivity index (χ3n) is 3.18. The molecule has 0 saturated heterocycles. The van der Waals surface area contributed by atoms with E-state index in [9.17, 15) is 4.79 Å². The molecule has 2 unspecified atom stereocenters. The molecular weight excluding hydrogens is 192 g/mol. The summed E-state index contributed by atoms with van der Waals surface area (Å²) in [6.45, 7) is 1.23. The highest BCUT2D eigenvalue weighted by Crippen LogP contribution is 2.23. The van der Waals surface area contributed by atoms with Crippen LogP contribution in [-0.2, 0) is 9.53 Å². The first-order chi connectivity index (χ1) is 7.27. The molecule has 0 heterocycles. The number of carbonyl (C=O) groups is 1. The van der Waals surface area contributed by atoms with Crippen molar-refractivity contribution in [1.82, 2.24) is 10.6 Å². The molecule has 0 aliphatic heterocycles. The molecule has 4 heteroatoms. The highest BCUT2D eigenvalue weighted by molar-refractivity contribution is 5.71. The summed E-state index contributed by atoms with van der Waals surface area (Å²) in [5.74, 6) is 0.459. The van der Waals surface area contributed by atoms with Crippen molar-refractivity contribution in [2.75, 3.05) is 27.2 Å². The smallest absolute Gasteiger partial charge is 0.319 e. The Morgan fingerprint density at radius 1 is 1.40 bits per heavy atom. The van der Waals surface area contributed by atoms with Gasteiger partial charge in [0.25, 0.3) is 0 Å². The Bertz CT molecular complexity index is 197. The normalized spacial score (nSPS) is 26.3. The van der Waals surface area contributed by atoms with Crippen molar-refractivity contribution in [3.8, 4) is 0 Å². The summed E-state index contributed by atoms with van der Waals surface area (Å²) in [4.78, 5) is 10.9. The Morgan fingerprint density at radius 3 is 2.80 bits per heavy atom. The van der Waals surface area contributed by atoms with Gasteiger partial charge in [-0.15, -0.1) is 0 Å². The highest BCUT2D eigenvalue weighted by atomic mass is 16.5. The number of methoxy groups -OCH3 is 1. The zero-order valence-electron chi connectivity index (χ0n) is 9.71. The zero-order chi connectivity index (χ0) is 11.1. The van der Waals surface area contributed by atoms with Crippen LogP contribution in [0.2, 0.25) is 0 Å². The monoisotopic (exact) mass is 214 g/mol. The highest BCUT2D eigenvalue weighted by Gasteiger charge is 2.23. The van der Waals surface area contributed by atoms with Gasteiger partial charge in [-0.2, -0.15) is 0 Å². The summed E-state index contributed by atoms with van der Waals surface area (Å²) < 4.78 is 4.58. The first-order valence-corrected chi connectivity index (χ1v) is 5.72. The Balaban J connectivity index is 2.20. The predicted octanol–water partition coefficient (Wildman–Crippen LogP) is 0.527. The van der Waals surface area contributed by atoms with E-state index >= 15 is 0 Å². The van der Waals surface area contributed by atoms with Gasteiger partial charge in [-0.3, -0.25) is 4.79 Å². The Kier molecular flexibility index (Phi) is 5.65. The molecule has 0 aromatic heterocycles. The second-order valence-corrected chi connectivity index (χ2v) is 4.15. The third-order valence-corrected chi connectivity index (χ3v) is 3.18. The molecule has 15 heavy (non-hydrogen) atoms. The molecule has 88 valence electrons. The quantitative estimate of drug-likeness (QED) is 0.655. The molecule has 0 bridgehead atoms. The summed E-state index contributed by atoms with van der Waals surface area (Å²) in [5, 5.41) is 6.51. The maximum atomic E-state index is 10.9. The molecule has 4 nitrogen and oxygen atoms in total. The summed E-state index contributed by atoms with van der Waals surface area (Å²) >= 11 is 0. The first kappa shape index (κ1) is 12.5. The van der Waals surface area contributed by atoms with Crippen molar-refractivity contribution < 1.29 is 9.53 Å². The van der Waals surface area contributed by atoms with E-state index in [-0.39, 0.29) is 5.97 Å². The third kappa shape index (κ3) is 4.18. The summed E-state index contributed by atoms with van der Waals surface area (Å²) in [7, 11) is 3.43. The molecule has 1 fully saturated rings. The number of rotatable bonds is 5. The van der Waals surface area contributed by atoms with Crippen LogP contribution in [0.15, 0.2) is 0 Å². The zero-order valence-corrected chi connectivity index (χ0v) is 9.71. The van der Waals surface area contributed by atoms with E-state index in [0.717, 1.165) is 6.54 Å². The predicted molar refractivity (Wildman–Crippen MR) is 59.7 cm³/mol. The van der Waals surface area contributed by atoms with Gasteiger partial charge in [-0.1, -0.05) is 12.8 Å². The molecule has 2 atom stereocenters. The van der Waals surface area contributed by atoms with Crippen molar-refractivity contribution in [1.29, 1.82) is 0 Å². The Morgan fingerprint density at radius 2 is 2.13 bits per heavy atom. The second-order valence-electron chi connectivity index (χ2n) is 4.15. The first-order valence-electron chi connectivity index (χ1n) is 5.72. The Hall–Kier alpha value is -0.610. The fourth-order valence-corrected chi connectivity index (χ4v) is 2.26. The van der Waals surface area contributed by atoms with Gasteiger partial charge in [0, 0.05) is 6.04 Å². The van der Waals surface area contributed by atoms with Gasteiger partial charge in [0.2, 0.25) is 0 Å². The van der Waals surface area contributed by atoms with E-state index < -0.39 is 0 Å². The standard InChI is InChI=1S/C11H22N2O2/c1-12-10-6-4-3-5-9(10)7-13-8-11(14)15-2/h9-10,12-13H,3-8H2,1-2H3. The average molecular weight is 214 g/mol. The van der Waals surface area contributed by atoms with Crippen LogP contribution in [0.3, 0.4) is 0 Å². The largest absolute Gasteiger partial charge is 0.468 e. The number of hydrogen-bond donors (Lipinski definition) is 2. The van der Waals surface area contributed by atoms with Gasteiger partial charge in [-0.25, -0.2) is 0 Å². The van der Waals surface area contributed by atoms with Gasteiger partial charge in [-0.05, 0) is 32.4 Å². The molecule has 2 N–H and O–H groups in total. The number of nitrogens with one attached hydrogen (secondary N) is 2. The van der Waals surface area contributed by atoms with Crippen molar-refractivity contribution in [3.05, 3.63) is 0 Å². The lowest BCUT2D eigenvalue weighted by Crippen LogP contribution is -2.42. The molecule has 0 spiro atoms. The van der Waals surface area contributed by atoms with Gasteiger partial charge in [0.1, 0.15) is 0 Å². The molecule has 1 aliphatic carbocycles. The second kappa shape index (κ2) is 6.80. The molecule has 0 amide bonds. The van der Waals surface area contributed by atoms with Crippen LogP contribution in [0.25, 0.3) is 0 Å². The van der Waals surface area contributed by atoms with E-state index in [4.69, 9.17) is 0 Å². The van der Waals surface area contributed by atoms with Gasteiger partial charge < -0.3 is 15.4 Å². The number of hydrogen-bond acceptors (Lipinski definition) is 4. The SMILES string of the molecule is CNC1CCCCC1CNCC(=O)OC. The van der Waals surface area contributed by atoms with Gasteiger partial charge >= 0.3 is 5.97 Å². The molecule has 1 rings (SSSR count). The minimum Gasteiger partial charge on any atom is -0.468 e. The summed E-state index contributed by atoms with van der Waals surface area (Å²) in [6.07, 6.45) is 5.13. The van der Waals surface area contributed by atoms with E-state index in [1.165, 1.54) is 32.8 Å². The molecule has 0 aromatic carbocycles. The van der Waals surface area contributed by atoms with Crippen molar-refractivity contribution in [2.24, 2.45) is 5.92 Å². The van der Waals surface area contributed by atoms with Crippen LogP contribution in [0.4, 0.5) is 0 Å². The van der Waals surface area contributed by atoms with Crippen LogP contribution >= 0.6 is 0 Å². The van der Waals surface area contributed by atoms with E-state index in [1.807, 2.05) is 7.05 Å². The van der Waals surface area contributed by atoms with Crippen LogP contribution in [0, 0.1) is 5.92 Å². The summed E-state index contributed by atoms with van der Waals surface area (Å²) in [6, 6.07) is 0.601. The Labute approximate surface area is 91.8 Å². The lowest BCUT2D eigenvalue weighted by molar-refractivity contribution is -0.139. The fourth-order valence-electron chi connectivity index (χ4n) is 2.26. The van der Waals surface area contributed by atoms with Crippen LogP contribution in [0.1, 0.15) is 25.7 Å². The fraction of sp³-hybridized carbons (Fsp3) is 0.909. The maximum absolute atomic E-state index is 10.9. The van der Waals surface area contributed by atoms with Crippen LogP contribution in [-0.4, -0.2) is 39.3 Å². The topological polar surface area (TPSA) is 50.4 Å². The minimum atomic E-state index is -0.188. The molecule has 1 aliphatic rings. The van der Waals surface area contributed by atoms with Crippen molar-refractivity contribution in [3.63, 3.8) is 0 Å². The lowest BCUT2D eigenvalue weighted by Gasteiger charge is -2.31. The van der Waals surface area contributed by atoms with Crippen LogP contribution < -0.4 is 10.6 Å². The van der Waals surface area contributed by atoms with Crippen molar-refractivity contribution in [2.45, 2.75) is 31.7 Å². The lowest BCUT2D eigenvalue weighted by atomic mass is 9.84.